The van der Waals surface area contributed by atoms with Gasteiger partial charge in [-0.05, 0) is 30.3 Å². The Balaban J connectivity index is 1.89. The smallest absolute Gasteiger partial charge is 0.294 e. The number of Topliss-reactive ketones (excluding diaryl/α,β-unsaturated/α-hetero) is 1. The Morgan fingerprint density at radius 1 is 1.30 bits per heavy atom. The van der Waals surface area contributed by atoms with Gasteiger partial charge in [-0.25, -0.2) is 4.98 Å². The van der Waals surface area contributed by atoms with E-state index in [-0.39, 0.29) is 11.4 Å². The van der Waals surface area contributed by atoms with Crippen LogP contribution < -0.4 is 4.90 Å². The van der Waals surface area contributed by atoms with E-state index in [0.717, 1.165) is 11.0 Å². The molecule has 1 aliphatic heterocycles. The molecule has 7 nitrogen and oxygen atoms in total. The summed E-state index contributed by atoms with van der Waals surface area (Å²) in [4.78, 5) is 34.5. The lowest BCUT2D eigenvalue weighted by molar-refractivity contribution is -0.123. The predicted molar refractivity (Wildman–Crippen MR) is 99.1 cm³/mol. The molecule has 0 aliphatic carbocycles. The Hall–Kier alpha value is -3.35. The fourth-order valence-corrected chi connectivity index (χ4v) is 3.30. The minimum absolute atomic E-state index is 0.0483. The molecule has 0 spiro atoms. The number of H-pyrrole nitrogens is 1. The van der Waals surface area contributed by atoms with Gasteiger partial charge in [0.05, 0.1) is 29.2 Å². The maximum absolute atomic E-state index is 13.0. The van der Waals surface area contributed by atoms with Crippen LogP contribution in [-0.2, 0) is 9.59 Å². The number of nitrogens with zero attached hydrogens (tertiary/aromatic N) is 2. The van der Waals surface area contributed by atoms with Crippen LogP contribution in [0.25, 0.3) is 11.0 Å². The van der Waals surface area contributed by atoms with Gasteiger partial charge in [0.2, 0.25) is 0 Å². The van der Waals surface area contributed by atoms with Crippen molar-refractivity contribution in [3.8, 4) is 0 Å². The van der Waals surface area contributed by atoms with Crippen molar-refractivity contribution in [1.82, 2.24) is 9.97 Å². The number of imidazole rings is 1. The van der Waals surface area contributed by atoms with Gasteiger partial charge in [-0.2, -0.15) is 0 Å². The van der Waals surface area contributed by atoms with E-state index in [0.29, 0.717) is 11.4 Å². The lowest BCUT2D eigenvalue weighted by Gasteiger charge is -2.27. The van der Waals surface area contributed by atoms with Crippen molar-refractivity contribution in [1.29, 1.82) is 0 Å². The first-order valence-corrected chi connectivity index (χ1v) is 8.57. The maximum atomic E-state index is 13.0. The number of carbonyl (C=O) groups is 2. The Bertz CT molecular complexity index is 1070. The summed E-state index contributed by atoms with van der Waals surface area (Å²) in [7, 11) is 0. The number of aromatic nitrogens is 2. The van der Waals surface area contributed by atoms with Crippen molar-refractivity contribution >= 4 is 28.4 Å². The molecule has 0 saturated carbocycles. The molecule has 2 N–H and O–H groups in total. The zero-order valence-electron chi connectivity index (χ0n) is 15.2. The first kappa shape index (κ1) is 17.1. The van der Waals surface area contributed by atoms with Gasteiger partial charge in [0.1, 0.15) is 11.8 Å². The molecule has 7 heteroatoms. The van der Waals surface area contributed by atoms with Crippen LogP contribution in [0.15, 0.2) is 58.7 Å². The van der Waals surface area contributed by atoms with E-state index in [1.807, 2.05) is 0 Å². The Labute approximate surface area is 155 Å². The minimum atomic E-state index is -0.834. The number of benzene rings is 1. The summed E-state index contributed by atoms with van der Waals surface area (Å²) in [5.41, 5.74) is 1.31. The summed E-state index contributed by atoms with van der Waals surface area (Å²) < 4.78 is 5.52. The molecular weight excluding hydrogens is 346 g/mol. The predicted octanol–water partition coefficient (Wildman–Crippen LogP) is 3.67. The number of fused-ring (bicyclic) bond motifs is 1. The number of carbonyl (C=O) groups excluding carboxylic acids is 2. The highest BCUT2D eigenvalue weighted by molar-refractivity contribution is 6.17. The van der Waals surface area contributed by atoms with E-state index >= 15 is 0 Å². The van der Waals surface area contributed by atoms with Crippen molar-refractivity contribution < 1.29 is 19.1 Å². The molecule has 0 fully saturated rings. The number of amides is 1. The fraction of sp³-hybridized carbons (Fsp3) is 0.250. The summed E-state index contributed by atoms with van der Waals surface area (Å²) in [5.74, 6) is -1.08. The molecule has 4 rings (SSSR count). The van der Waals surface area contributed by atoms with Gasteiger partial charge < -0.3 is 14.5 Å². The number of hydrogen-bond acceptors (Lipinski definition) is 5. The molecule has 0 radical (unpaired) electrons. The summed E-state index contributed by atoms with van der Waals surface area (Å²) in [6, 6.07) is 7.80. The van der Waals surface area contributed by atoms with E-state index < -0.39 is 23.1 Å². The van der Waals surface area contributed by atoms with Gasteiger partial charge in [-0.1, -0.05) is 20.8 Å². The van der Waals surface area contributed by atoms with Gasteiger partial charge in [-0.3, -0.25) is 14.5 Å². The topological polar surface area (TPSA) is 99.4 Å². The second-order valence-corrected chi connectivity index (χ2v) is 7.54. The molecule has 1 amide bonds. The number of anilines is 1. The third kappa shape index (κ3) is 2.63. The molecule has 1 atom stereocenters. The van der Waals surface area contributed by atoms with Crippen LogP contribution in [0.2, 0.25) is 0 Å². The number of furan rings is 1. The van der Waals surface area contributed by atoms with Crippen LogP contribution in [0.1, 0.15) is 32.6 Å². The van der Waals surface area contributed by atoms with Gasteiger partial charge in [0.25, 0.3) is 5.91 Å². The summed E-state index contributed by atoms with van der Waals surface area (Å²) in [5, 5.41) is 10.6. The molecule has 0 unspecified atom stereocenters. The van der Waals surface area contributed by atoms with E-state index in [1.165, 1.54) is 11.2 Å². The average Bonchev–Trinajstić information content (AvgIpc) is 3.33. The van der Waals surface area contributed by atoms with Crippen LogP contribution in [0, 0.1) is 5.41 Å². The van der Waals surface area contributed by atoms with E-state index in [9.17, 15) is 14.7 Å². The zero-order valence-corrected chi connectivity index (χ0v) is 15.2. The number of aliphatic hydroxyl groups is 1. The fourth-order valence-electron chi connectivity index (χ4n) is 3.30. The third-order valence-electron chi connectivity index (χ3n) is 4.63. The highest BCUT2D eigenvalue weighted by Gasteiger charge is 2.47. The van der Waals surface area contributed by atoms with Crippen molar-refractivity contribution in [2.75, 3.05) is 4.90 Å². The first-order chi connectivity index (χ1) is 12.8. The molecule has 0 bridgehead atoms. The van der Waals surface area contributed by atoms with Gasteiger partial charge in [0.15, 0.2) is 11.5 Å². The van der Waals surface area contributed by atoms with Crippen molar-refractivity contribution in [2.24, 2.45) is 5.41 Å². The Morgan fingerprint density at radius 2 is 2.07 bits per heavy atom. The highest BCUT2D eigenvalue weighted by Crippen LogP contribution is 2.43. The second-order valence-electron chi connectivity index (χ2n) is 7.54. The van der Waals surface area contributed by atoms with E-state index in [4.69, 9.17) is 4.42 Å². The molecule has 3 aromatic rings. The second kappa shape index (κ2) is 5.84. The average molecular weight is 365 g/mol. The van der Waals surface area contributed by atoms with E-state index in [1.54, 1.807) is 57.4 Å². The maximum Gasteiger partial charge on any atom is 0.294 e. The summed E-state index contributed by atoms with van der Waals surface area (Å²) in [6.45, 7) is 5.25. The largest absolute Gasteiger partial charge is 0.503 e. The molecule has 138 valence electrons. The lowest BCUT2D eigenvalue weighted by atomic mass is 9.83. The van der Waals surface area contributed by atoms with Crippen LogP contribution in [0.3, 0.4) is 0 Å². The quantitative estimate of drug-likeness (QED) is 0.738. The van der Waals surface area contributed by atoms with Crippen LogP contribution in [-0.4, -0.2) is 26.8 Å². The number of nitrogens with one attached hydrogen (secondary N) is 1. The van der Waals surface area contributed by atoms with Crippen LogP contribution in [0.5, 0.6) is 0 Å². The molecule has 3 heterocycles. The molecule has 27 heavy (non-hydrogen) atoms. The SMILES string of the molecule is CC(C)(C)C(=O)C1=C(O)C(=O)N(c2ccc3nc[nH]c3c2)[C@H]1c1ccco1. The van der Waals surface area contributed by atoms with Crippen molar-refractivity contribution in [3.63, 3.8) is 0 Å². The third-order valence-corrected chi connectivity index (χ3v) is 4.63. The molecule has 2 aromatic heterocycles. The van der Waals surface area contributed by atoms with Gasteiger partial charge in [0, 0.05) is 11.1 Å². The highest BCUT2D eigenvalue weighted by atomic mass is 16.3. The van der Waals surface area contributed by atoms with Gasteiger partial charge in [-0.15, -0.1) is 0 Å². The van der Waals surface area contributed by atoms with Crippen molar-refractivity contribution in [2.45, 2.75) is 26.8 Å². The standard InChI is InChI=1S/C20H19N3O4/c1-20(2,3)18(25)15-16(14-5-4-8-27-14)23(19(26)17(15)24)11-6-7-12-13(9-11)22-10-21-12/h4-10,16,24H,1-3H3,(H,21,22)/t16-/m0/s1. The molecule has 1 aromatic carbocycles. The molecule has 0 saturated heterocycles. The van der Waals surface area contributed by atoms with E-state index in [2.05, 4.69) is 9.97 Å². The molecule has 1 aliphatic rings. The van der Waals surface area contributed by atoms with Crippen LogP contribution >= 0.6 is 0 Å². The number of rotatable bonds is 3. The first-order valence-electron chi connectivity index (χ1n) is 8.57. The number of ketones is 1. The lowest BCUT2D eigenvalue weighted by Crippen LogP contribution is -2.32. The number of aliphatic hydroxyl groups excluding tert-OH is 1. The monoisotopic (exact) mass is 365 g/mol. The minimum Gasteiger partial charge on any atom is -0.503 e. The zero-order chi connectivity index (χ0) is 19.3. The Morgan fingerprint density at radius 3 is 2.74 bits per heavy atom. The molecular formula is C20H19N3O4. The number of aromatic amines is 1. The van der Waals surface area contributed by atoms with Crippen LogP contribution in [0.4, 0.5) is 5.69 Å². The normalized spacial score (nSPS) is 18.0. The van der Waals surface area contributed by atoms with Gasteiger partial charge >= 0.3 is 0 Å². The number of hydrogen-bond donors (Lipinski definition) is 2. The summed E-state index contributed by atoms with van der Waals surface area (Å²) in [6.07, 6.45) is 3.04. The van der Waals surface area contributed by atoms with Crippen molar-refractivity contribution in [3.05, 3.63) is 60.0 Å². The summed E-state index contributed by atoms with van der Waals surface area (Å²) >= 11 is 0. The Kier molecular flexibility index (Phi) is 3.69.